The van der Waals surface area contributed by atoms with Gasteiger partial charge in [0.15, 0.2) is 0 Å². The Hall–Kier alpha value is -2.87. The first kappa shape index (κ1) is 20.4. The summed E-state index contributed by atoms with van der Waals surface area (Å²) < 4.78 is 12.1. The standard InChI is InChI=1S/C21H23ClN4O4/c1-12-16(19(27)30-13-8-4-3-5-9-13)17(14-10-6-7-11-15(14)22)26-21(23-12)24-18(25-26)20(28)29-2/h6-7,10-11,13,17H,3-5,8-9H2,1-2H3,(H,23,24,25). The molecule has 2 heterocycles. The number of allylic oxidation sites excluding steroid dienone is 1. The lowest BCUT2D eigenvalue weighted by Crippen LogP contribution is -2.32. The molecule has 0 bridgehead atoms. The van der Waals surface area contributed by atoms with Crippen LogP contribution in [0.5, 0.6) is 0 Å². The molecular weight excluding hydrogens is 408 g/mol. The third-order valence-corrected chi connectivity index (χ3v) is 5.81. The fourth-order valence-corrected chi connectivity index (χ4v) is 4.21. The second kappa shape index (κ2) is 8.47. The van der Waals surface area contributed by atoms with Crippen molar-refractivity contribution in [2.24, 2.45) is 0 Å². The quantitative estimate of drug-likeness (QED) is 0.735. The number of hydrogen-bond donors (Lipinski definition) is 1. The van der Waals surface area contributed by atoms with Crippen LogP contribution < -0.4 is 5.32 Å². The number of esters is 2. The van der Waals surface area contributed by atoms with Crippen molar-refractivity contribution in [3.63, 3.8) is 0 Å². The second-order valence-corrected chi connectivity index (χ2v) is 7.86. The molecule has 30 heavy (non-hydrogen) atoms. The number of rotatable bonds is 4. The van der Waals surface area contributed by atoms with Gasteiger partial charge in [0.25, 0.3) is 5.82 Å². The van der Waals surface area contributed by atoms with E-state index in [2.05, 4.69) is 15.4 Å². The molecule has 1 aromatic heterocycles. The summed E-state index contributed by atoms with van der Waals surface area (Å²) in [5.41, 5.74) is 1.64. The van der Waals surface area contributed by atoms with E-state index >= 15 is 0 Å². The van der Waals surface area contributed by atoms with Crippen LogP contribution >= 0.6 is 11.6 Å². The van der Waals surface area contributed by atoms with Crippen molar-refractivity contribution in [3.8, 4) is 0 Å². The highest BCUT2D eigenvalue weighted by atomic mass is 35.5. The van der Waals surface area contributed by atoms with Crippen LogP contribution in [-0.4, -0.2) is 39.9 Å². The van der Waals surface area contributed by atoms with Gasteiger partial charge in [-0.15, -0.1) is 5.10 Å². The fourth-order valence-electron chi connectivity index (χ4n) is 3.98. The van der Waals surface area contributed by atoms with Gasteiger partial charge in [-0.25, -0.2) is 14.3 Å². The van der Waals surface area contributed by atoms with Crippen LogP contribution in [0, 0.1) is 0 Å². The molecule has 0 spiro atoms. The third kappa shape index (κ3) is 3.79. The van der Waals surface area contributed by atoms with Crippen LogP contribution in [0.2, 0.25) is 5.02 Å². The van der Waals surface area contributed by atoms with Crippen LogP contribution in [0.3, 0.4) is 0 Å². The number of carbonyl (C=O) groups is 2. The van der Waals surface area contributed by atoms with Crippen molar-refractivity contribution < 1.29 is 19.1 Å². The summed E-state index contributed by atoms with van der Waals surface area (Å²) in [5.74, 6) is -0.864. The number of hydrogen-bond acceptors (Lipinski definition) is 7. The molecule has 1 saturated carbocycles. The van der Waals surface area contributed by atoms with Crippen LogP contribution in [0.1, 0.15) is 61.3 Å². The fraction of sp³-hybridized carbons (Fsp3) is 0.429. The highest BCUT2D eigenvalue weighted by Crippen LogP contribution is 2.39. The Bertz CT molecular complexity index is 1010. The van der Waals surface area contributed by atoms with Crippen LogP contribution in [-0.2, 0) is 14.3 Å². The van der Waals surface area contributed by atoms with Gasteiger partial charge in [-0.05, 0) is 38.7 Å². The van der Waals surface area contributed by atoms with E-state index in [0.717, 1.165) is 32.1 Å². The molecular formula is C21H23ClN4O4. The summed E-state index contributed by atoms with van der Waals surface area (Å²) in [6, 6.07) is 6.53. The molecule has 0 radical (unpaired) electrons. The first-order chi connectivity index (χ1) is 14.5. The minimum absolute atomic E-state index is 0.0961. The van der Waals surface area contributed by atoms with Gasteiger partial charge >= 0.3 is 11.9 Å². The number of nitrogens with one attached hydrogen (secondary N) is 1. The number of methoxy groups -OCH3 is 1. The van der Waals surface area contributed by atoms with E-state index in [0.29, 0.717) is 27.8 Å². The SMILES string of the molecule is COC(=O)c1nc2n(n1)C(c1ccccc1Cl)C(C(=O)OC1CCCCC1)=C(C)N2. The maximum absolute atomic E-state index is 13.3. The molecule has 1 unspecified atom stereocenters. The lowest BCUT2D eigenvalue weighted by atomic mass is 9.95. The zero-order chi connectivity index (χ0) is 21.3. The van der Waals surface area contributed by atoms with Gasteiger partial charge in [0.2, 0.25) is 5.95 Å². The molecule has 1 aliphatic carbocycles. The molecule has 1 aliphatic heterocycles. The average molecular weight is 431 g/mol. The predicted octanol–water partition coefficient (Wildman–Crippen LogP) is 3.88. The topological polar surface area (TPSA) is 95.3 Å². The molecule has 0 saturated heterocycles. The zero-order valence-corrected chi connectivity index (χ0v) is 17.6. The molecule has 1 fully saturated rings. The molecule has 1 atom stereocenters. The molecule has 2 aromatic rings. The van der Waals surface area contributed by atoms with E-state index in [4.69, 9.17) is 21.1 Å². The van der Waals surface area contributed by atoms with Crippen LogP contribution in [0.25, 0.3) is 0 Å². The van der Waals surface area contributed by atoms with Crippen LogP contribution in [0.4, 0.5) is 5.95 Å². The molecule has 158 valence electrons. The first-order valence-electron chi connectivity index (χ1n) is 9.97. The molecule has 9 heteroatoms. The summed E-state index contributed by atoms with van der Waals surface area (Å²) in [5, 5.41) is 7.84. The van der Waals surface area contributed by atoms with Crippen molar-refractivity contribution in [3.05, 3.63) is 51.9 Å². The number of aromatic nitrogens is 3. The van der Waals surface area contributed by atoms with E-state index in [1.54, 1.807) is 13.0 Å². The zero-order valence-electron chi connectivity index (χ0n) is 16.9. The van der Waals surface area contributed by atoms with Crippen LogP contribution in [0.15, 0.2) is 35.5 Å². The van der Waals surface area contributed by atoms with Gasteiger partial charge in [0.1, 0.15) is 12.1 Å². The largest absolute Gasteiger partial charge is 0.463 e. The third-order valence-electron chi connectivity index (χ3n) is 5.47. The maximum Gasteiger partial charge on any atom is 0.378 e. The van der Waals surface area contributed by atoms with E-state index in [9.17, 15) is 9.59 Å². The van der Waals surface area contributed by atoms with Gasteiger partial charge in [-0.2, -0.15) is 4.98 Å². The Labute approximate surface area is 179 Å². The number of ether oxygens (including phenoxy) is 2. The Morgan fingerprint density at radius 1 is 1.17 bits per heavy atom. The Balaban J connectivity index is 1.77. The first-order valence-corrected chi connectivity index (χ1v) is 10.4. The van der Waals surface area contributed by atoms with E-state index in [1.165, 1.54) is 11.8 Å². The smallest absolute Gasteiger partial charge is 0.378 e. The number of benzene rings is 1. The number of anilines is 1. The van der Waals surface area contributed by atoms with E-state index < -0.39 is 18.0 Å². The number of fused-ring (bicyclic) bond motifs is 1. The van der Waals surface area contributed by atoms with Gasteiger partial charge in [-0.1, -0.05) is 36.2 Å². The van der Waals surface area contributed by atoms with E-state index in [-0.39, 0.29) is 11.9 Å². The lowest BCUT2D eigenvalue weighted by molar-refractivity contribution is -0.146. The van der Waals surface area contributed by atoms with Gasteiger partial charge < -0.3 is 14.8 Å². The predicted molar refractivity (Wildman–Crippen MR) is 110 cm³/mol. The summed E-state index contributed by atoms with van der Waals surface area (Å²) in [6.45, 7) is 1.78. The minimum atomic E-state index is -0.683. The van der Waals surface area contributed by atoms with Crippen molar-refractivity contribution >= 4 is 29.5 Å². The Kier molecular flexibility index (Phi) is 5.76. The van der Waals surface area contributed by atoms with E-state index in [1.807, 2.05) is 18.2 Å². The number of carbonyl (C=O) groups excluding carboxylic acids is 2. The molecule has 8 nitrogen and oxygen atoms in total. The lowest BCUT2D eigenvalue weighted by Gasteiger charge is -2.30. The molecule has 0 amide bonds. The monoisotopic (exact) mass is 430 g/mol. The van der Waals surface area contributed by atoms with Crippen molar-refractivity contribution in [2.75, 3.05) is 12.4 Å². The summed E-state index contributed by atoms with van der Waals surface area (Å²) >= 11 is 6.48. The average Bonchev–Trinajstić information content (AvgIpc) is 3.17. The van der Waals surface area contributed by atoms with Gasteiger partial charge in [-0.3, -0.25) is 0 Å². The van der Waals surface area contributed by atoms with Crippen molar-refractivity contribution in [1.82, 2.24) is 14.8 Å². The summed E-state index contributed by atoms with van der Waals surface area (Å²) in [4.78, 5) is 29.5. The molecule has 4 rings (SSSR count). The van der Waals surface area contributed by atoms with Crippen molar-refractivity contribution in [2.45, 2.75) is 51.2 Å². The minimum Gasteiger partial charge on any atom is -0.463 e. The Morgan fingerprint density at radius 3 is 2.60 bits per heavy atom. The molecule has 1 N–H and O–H groups in total. The normalized spacial score (nSPS) is 19.1. The summed E-state index contributed by atoms with van der Waals surface area (Å²) in [6.07, 6.45) is 4.90. The highest BCUT2D eigenvalue weighted by molar-refractivity contribution is 6.31. The highest BCUT2D eigenvalue weighted by Gasteiger charge is 2.37. The van der Waals surface area contributed by atoms with Gasteiger partial charge in [0.05, 0.1) is 12.7 Å². The summed E-state index contributed by atoms with van der Waals surface area (Å²) in [7, 11) is 1.26. The maximum atomic E-state index is 13.3. The van der Waals surface area contributed by atoms with Crippen molar-refractivity contribution in [1.29, 1.82) is 0 Å². The molecule has 2 aliphatic rings. The number of nitrogens with zero attached hydrogens (tertiary/aromatic N) is 3. The molecule has 1 aromatic carbocycles. The van der Waals surface area contributed by atoms with Gasteiger partial charge in [0, 0.05) is 16.3 Å². The second-order valence-electron chi connectivity index (χ2n) is 7.45. The number of halogens is 1. The Morgan fingerprint density at radius 2 is 1.90 bits per heavy atom.